The molecule has 180 valence electrons. The first-order chi connectivity index (χ1) is 16.2. The summed E-state index contributed by atoms with van der Waals surface area (Å²) < 4.78 is 10.7. The van der Waals surface area contributed by atoms with Crippen LogP contribution in [0.15, 0.2) is 54.7 Å². The number of carboxylic acids is 1. The maximum absolute atomic E-state index is 12.6. The minimum atomic E-state index is -1.39. The van der Waals surface area contributed by atoms with Gasteiger partial charge in [0.15, 0.2) is 11.8 Å². The molecule has 0 saturated heterocycles. The Morgan fingerprint density at radius 1 is 1.11 bits per heavy atom. The van der Waals surface area contributed by atoms with Gasteiger partial charge in [0.2, 0.25) is 0 Å². The SMILES string of the molecule is COc1cccc(-c2cc(C(CC(=O)O)NC(=O)NC3C(=O)C=CN(C)C3=O)ccc2OC)c1.[NaH]. The van der Waals surface area contributed by atoms with E-state index in [9.17, 15) is 24.3 Å². The van der Waals surface area contributed by atoms with Crippen molar-refractivity contribution in [1.29, 1.82) is 0 Å². The molecule has 0 spiro atoms. The molecule has 0 bridgehead atoms. The molecule has 0 saturated carbocycles. The van der Waals surface area contributed by atoms with Gasteiger partial charge in [-0.25, -0.2) is 4.79 Å². The number of hydrogen-bond donors (Lipinski definition) is 3. The van der Waals surface area contributed by atoms with E-state index in [0.717, 1.165) is 5.56 Å². The Morgan fingerprint density at radius 3 is 2.51 bits per heavy atom. The number of nitrogens with one attached hydrogen (secondary N) is 2. The number of carbonyl (C=O) groups excluding carboxylic acids is 3. The molecule has 3 amide bonds. The number of methoxy groups -OCH3 is 2. The molecule has 11 heteroatoms. The van der Waals surface area contributed by atoms with Crippen molar-refractivity contribution >= 4 is 53.2 Å². The van der Waals surface area contributed by atoms with Crippen molar-refractivity contribution in [3.63, 3.8) is 0 Å². The number of nitrogens with zero attached hydrogens (tertiary/aromatic N) is 1. The third-order valence-electron chi connectivity index (χ3n) is 5.31. The Morgan fingerprint density at radius 2 is 1.86 bits per heavy atom. The number of urea groups is 1. The van der Waals surface area contributed by atoms with E-state index in [0.29, 0.717) is 22.6 Å². The van der Waals surface area contributed by atoms with E-state index in [1.165, 1.54) is 31.3 Å². The van der Waals surface area contributed by atoms with Gasteiger partial charge in [0.1, 0.15) is 11.5 Å². The molecule has 2 atom stereocenters. The molecular weight excluding hydrogens is 465 g/mol. The van der Waals surface area contributed by atoms with E-state index in [1.54, 1.807) is 37.4 Å². The van der Waals surface area contributed by atoms with E-state index < -0.39 is 42.2 Å². The van der Waals surface area contributed by atoms with Crippen LogP contribution in [0.1, 0.15) is 18.0 Å². The molecule has 3 rings (SSSR count). The van der Waals surface area contributed by atoms with Gasteiger partial charge in [-0.05, 0) is 35.4 Å². The molecule has 2 aromatic carbocycles. The number of ether oxygens (including phenoxy) is 2. The Kier molecular flexibility index (Phi) is 9.88. The first kappa shape index (κ1) is 27.9. The fraction of sp³-hybridized carbons (Fsp3) is 0.250. The maximum atomic E-state index is 12.6. The molecule has 1 aliphatic heterocycles. The Hall–Kier alpha value is -3.34. The van der Waals surface area contributed by atoms with E-state index in [1.807, 2.05) is 12.1 Å². The number of carboxylic acid groups (broad SMARTS) is 1. The van der Waals surface area contributed by atoms with E-state index in [-0.39, 0.29) is 29.6 Å². The first-order valence-corrected chi connectivity index (χ1v) is 10.3. The van der Waals surface area contributed by atoms with Gasteiger partial charge in [-0.3, -0.25) is 14.4 Å². The summed E-state index contributed by atoms with van der Waals surface area (Å²) in [5.41, 5.74) is 1.93. The number of amides is 3. The molecule has 2 aromatic rings. The number of aliphatic carboxylic acids is 1. The molecule has 0 aliphatic carbocycles. The van der Waals surface area contributed by atoms with Crippen molar-refractivity contribution in [3.05, 3.63) is 60.3 Å². The molecule has 2 unspecified atom stereocenters. The Bertz CT molecular complexity index is 1150. The molecule has 0 fully saturated rings. The summed E-state index contributed by atoms with van der Waals surface area (Å²) >= 11 is 0. The van der Waals surface area contributed by atoms with Gasteiger partial charge in [-0.15, -0.1) is 0 Å². The van der Waals surface area contributed by atoms with Crippen LogP contribution in [0.4, 0.5) is 4.79 Å². The quantitative estimate of drug-likeness (QED) is 0.376. The average Bonchev–Trinajstić information content (AvgIpc) is 2.83. The summed E-state index contributed by atoms with van der Waals surface area (Å²) in [6, 6.07) is 9.10. The number of carbonyl (C=O) groups is 4. The van der Waals surface area contributed by atoms with Gasteiger partial charge in [0, 0.05) is 24.9 Å². The molecule has 3 N–H and O–H groups in total. The van der Waals surface area contributed by atoms with E-state index in [2.05, 4.69) is 10.6 Å². The Labute approximate surface area is 224 Å². The first-order valence-electron chi connectivity index (χ1n) is 10.3. The fourth-order valence-electron chi connectivity index (χ4n) is 3.53. The average molecular weight is 491 g/mol. The monoisotopic (exact) mass is 491 g/mol. The predicted octanol–water partition coefficient (Wildman–Crippen LogP) is 1.46. The molecule has 0 aromatic heterocycles. The summed E-state index contributed by atoms with van der Waals surface area (Å²) in [5.74, 6) is -1.13. The number of likely N-dealkylation sites (N-methyl/N-ethyl adjacent to an activating group) is 1. The number of hydrogen-bond acceptors (Lipinski definition) is 6. The number of rotatable bonds is 8. The van der Waals surface area contributed by atoms with Crippen LogP contribution >= 0.6 is 0 Å². The third-order valence-corrected chi connectivity index (χ3v) is 5.31. The predicted molar refractivity (Wildman–Crippen MR) is 129 cm³/mol. The van der Waals surface area contributed by atoms with Crippen molar-refractivity contribution in [1.82, 2.24) is 15.5 Å². The second-order valence-corrected chi connectivity index (χ2v) is 7.56. The summed E-state index contributed by atoms with van der Waals surface area (Å²) in [6.07, 6.45) is 2.07. The summed E-state index contributed by atoms with van der Waals surface area (Å²) in [7, 11) is 4.53. The van der Waals surface area contributed by atoms with E-state index >= 15 is 0 Å². The van der Waals surface area contributed by atoms with Gasteiger partial charge < -0.3 is 30.1 Å². The van der Waals surface area contributed by atoms with Crippen molar-refractivity contribution in [2.24, 2.45) is 0 Å². The third kappa shape index (κ3) is 6.84. The zero-order chi connectivity index (χ0) is 24.8. The molecule has 1 aliphatic rings. The van der Waals surface area contributed by atoms with Crippen LogP contribution in [0.5, 0.6) is 11.5 Å². The van der Waals surface area contributed by atoms with Gasteiger partial charge in [-0.2, -0.15) is 0 Å². The minimum absolute atomic E-state index is 0. The number of benzene rings is 2. The summed E-state index contributed by atoms with van der Waals surface area (Å²) in [5, 5.41) is 14.3. The topological polar surface area (TPSA) is 134 Å². The zero-order valence-electron chi connectivity index (χ0n) is 18.9. The second-order valence-electron chi connectivity index (χ2n) is 7.56. The molecule has 0 radical (unpaired) electrons. The van der Waals surface area contributed by atoms with Crippen molar-refractivity contribution in [2.75, 3.05) is 21.3 Å². The van der Waals surface area contributed by atoms with Crippen LogP contribution < -0.4 is 20.1 Å². The van der Waals surface area contributed by atoms with Gasteiger partial charge in [0.05, 0.1) is 26.7 Å². The molecular formula is C24H26N3NaO7. The van der Waals surface area contributed by atoms with Crippen LogP contribution in [-0.4, -0.2) is 90.6 Å². The second kappa shape index (κ2) is 12.4. The molecule has 10 nitrogen and oxygen atoms in total. The number of ketones is 1. The van der Waals surface area contributed by atoms with Crippen LogP contribution in [-0.2, 0) is 14.4 Å². The van der Waals surface area contributed by atoms with Crippen molar-refractivity contribution < 1.29 is 33.8 Å². The molecule has 35 heavy (non-hydrogen) atoms. The van der Waals surface area contributed by atoms with Crippen LogP contribution in [0.25, 0.3) is 11.1 Å². The van der Waals surface area contributed by atoms with Gasteiger partial charge >= 0.3 is 41.6 Å². The molecule has 1 heterocycles. The van der Waals surface area contributed by atoms with Gasteiger partial charge in [0.25, 0.3) is 5.91 Å². The van der Waals surface area contributed by atoms with Crippen LogP contribution in [0.3, 0.4) is 0 Å². The van der Waals surface area contributed by atoms with E-state index in [4.69, 9.17) is 9.47 Å². The van der Waals surface area contributed by atoms with Gasteiger partial charge in [-0.1, -0.05) is 18.2 Å². The fourth-order valence-corrected chi connectivity index (χ4v) is 3.53. The normalized spacial score (nSPS) is 15.6. The van der Waals surface area contributed by atoms with Crippen molar-refractivity contribution in [3.8, 4) is 22.6 Å². The van der Waals surface area contributed by atoms with Crippen molar-refractivity contribution in [2.45, 2.75) is 18.5 Å². The standard InChI is InChI=1S/C24H25N3O7.Na.H/c1-27-10-9-19(28)22(23(27)31)26-24(32)25-18(13-21(29)30)15-7-8-20(34-3)17(12-15)14-5-4-6-16(11-14)33-2;;/h4-12,18,22H,13H2,1-3H3,(H,29,30)(H2,25,26,32);;. The zero-order valence-corrected chi connectivity index (χ0v) is 18.9. The van der Waals surface area contributed by atoms with Crippen LogP contribution in [0.2, 0.25) is 0 Å². The Balaban J connectivity index is 0.00000432. The summed E-state index contributed by atoms with van der Waals surface area (Å²) in [6.45, 7) is 0. The van der Waals surface area contributed by atoms with Crippen LogP contribution in [0, 0.1) is 0 Å². The summed E-state index contributed by atoms with van der Waals surface area (Å²) in [4.78, 5) is 49.6.